The van der Waals surface area contributed by atoms with E-state index in [-0.39, 0.29) is 0 Å². The van der Waals surface area contributed by atoms with Crippen molar-refractivity contribution in [1.82, 2.24) is 9.97 Å². The number of hydrogen-bond acceptors (Lipinski definition) is 3. The molecule has 3 aromatic heterocycles. The van der Waals surface area contributed by atoms with Gasteiger partial charge in [0.2, 0.25) is 5.71 Å². The highest BCUT2D eigenvalue weighted by atomic mass is 16.3. The summed E-state index contributed by atoms with van der Waals surface area (Å²) in [7, 11) is 0. The van der Waals surface area contributed by atoms with Crippen LogP contribution in [-0.2, 0) is 0 Å². The average Bonchev–Trinajstić information content (AvgIpc) is 3.26. The second kappa shape index (κ2) is 7.26. The molecule has 0 saturated heterocycles. The van der Waals surface area contributed by atoms with Gasteiger partial charge in [0.05, 0.1) is 11.2 Å². The first kappa shape index (κ1) is 19.0. The summed E-state index contributed by atoms with van der Waals surface area (Å²) >= 11 is 0. The van der Waals surface area contributed by atoms with Gasteiger partial charge in [-0.05, 0) is 70.8 Å². The fraction of sp³-hybridized carbons (Fsp3) is 0.0323. The van der Waals surface area contributed by atoms with E-state index in [4.69, 9.17) is 9.40 Å². The van der Waals surface area contributed by atoms with Crippen molar-refractivity contribution in [3.63, 3.8) is 0 Å². The first-order valence-corrected chi connectivity index (χ1v) is 11.4. The summed E-state index contributed by atoms with van der Waals surface area (Å²) in [5, 5.41) is 5.68. The van der Waals surface area contributed by atoms with Crippen molar-refractivity contribution in [1.29, 1.82) is 0 Å². The zero-order valence-corrected chi connectivity index (χ0v) is 18.6. The van der Waals surface area contributed by atoms with Gasteiger partial charge in [-0.15, -0.1) is 0 Å². The normalized spacial score (nSPS) is 11.7. The number of benzene rings is 4. The molecule has 0 radical (unpaired) electrons. The van der Waals surface area contributed by atoms with Crippen LogP contribution in [-0.4, -0.2) is 9.97 Å². The second-order valence-electron chi connectivity index (χ2n) is 8.75. The molecule has 3 heteroatoms. The molecular formula is C31H20N2O. The van der Waals surface area contributed by atoms with Gasteiger partial charge < -0.3 is 4.42 Å². The van der Waals surface area contributed by atoms with Crippen molar-refractivity contribution in [2.75, 3.05) is 0 Å². The van der Waals surface area contributed by atoms with Crippen molar-refractivity contribution in [2.45, 2.75) is 6.92 Å². The molecule has 0 spiro atoms. The molecular weight excluding hydrogens is 416 g/mol. The lowest BCUT2D eigenvalue weighted by Crippen LogP contribution is -1.92. The van der Waals surface area contributed by atoms with Crippen LogP contribution >= 0.6 is 0 Å². The van der Waals surface area contributed by atoms with Crippen molar-refractivity contribution >= 4 is 43.7 Å². The van der Waals surface area contributed by atoms with Crippen molar-refractivity contribution in [3.05, 3.63) is 109 Å². The number of nitrogens with zero attached hydrogens (tertiary/aromatic N) is 2. The summed E-state index contributed by atoms with van der Waals surface area (Å²) in [5.41, 5.74) is 7.83. The Labute approximate surface area is 196 Å². The van der Waals surface area contributed by atoms with Crippen LogP contribution in [0, 0.1) is 6.92 Å². The maximum atomic E-state index is 6.27. The minimum atomic E-state index is 0.652. The number of aryl methyl sites for hydroxylation is 1. The Bertz CT molecular complexity index is 1870. The van der Waals surface area contributed by atoms with E-state index in [1.807, 2.05) is 6.07 Å². The van der Waals surface area contributed by atoms with E-state index in [1.54, 1.807) is 6.20 Å². The third kappa shape index (κ3) is 2.84. The molecule has 0 aliphatic heterocycles. The molecule has 3 nitrogen and oxygen atoms in total. The third-order valence-corrected chi connectivity index (χ3v) is 6.55. The van der Waals surface area contributed by atoms with E-state index in [1.165, 1.54) is 27.3 Å². The summed E-state index contributed by atoms with van der Waals surface area (Å²) in [6.45, 7) is 2.12. The van der Waals surface area contributed by atoms with Crippen LogP contribution in [0.1, 0.15) is 5.56 Å². The van der Waals surface area contributed by atoms with Gasteiger partial charge in [0.1, 0.15) is 5.58 Å². The molecule has 0 fully saturated rings. The lowest BCUT2D eigenvalue weighted by atomic mass is 9.94. The van der Waals surface area contributed by atoms with E-state index >= 15 is 0 Å². The van der Waals surface area contributed by atoms with Gasteiger partial charge >= 0.3 is 0 Å². The van der Waals surface area contributed by atoms with E-state index in [2.05, 4.69) is 103 Å². The van der Waals surface area contributed by atoms with Crippen LogP contribution in [0.5, 0.6) is 0 Å². The predicted octanol–water partition coefficient (Wildman–Crippen LogP) is 8.32. The van der Waals surface area contributed by atoms with Crippen molar-refractivity contribution in [3.8, 4) is 22.4 Å². The van der Waals surface area contributed by atoms with Gasteiger partial charge in [-0.2, -0.15) is 0 Å². The highest BCUT2D eigenvalue weighted by Gasteiger charge is 2.18. The SMILES string of the molecule is Cc1cc(-c2cc(-c3ccccc3)c3c(ccc4ccccc43)n2)c2oc3ncccc3c2c1. The van der Waals surface area contributed by atoms with E-state index in [0.29, 0.717) is 5.71 Å². The second-order valence-corrected chi connectivity index (χ2v) is 8.75. The molecule has 0 aliphatic rings. The number of fused-ring (bicyclic) bond motifs is 6. The largest absolute Gasteiger partial charge is 0.437 e. The van der Waals surface area contributed by atoms with Gasteiger partial charge in [0.25, 0.3) is 0 Å². The quantitative estimate of drug-likeness (QED) is 0.256. The molecule has 0 saturated carbocycles. The van der Waals surface area contributed by atoms with Gasteiger partial charge in [-0.1, -0.05) is 60.7 Å². The summed E-state index contributed by atoms with van der Waals surface area (Å²) in [5.74, 6) is 0. The smallest absolute Gasteiger partial charge is 0.227 e. The number of furan rings is 1. The van der Waals surface area contributed by atoms with E-state index in [0.717, 1.165) is 38.7 Å². The zero-order chi connectivity index (χ0) is 22.6. The van der Waals surface area contributed by atoms with Crippen LogP contribution < -0.4 is 0 Å². The van der Waals surface area contributed by atoms with Crippen molar-refractivity contribution < 1.29 is 4.42 Å². The number of aromatic nitrogens is 2. The summed E-state index contributed by atoms with van der Waals surface area (Å²) in [6, 6.07) is 33.9. The average molecular weight is 437 g/mol. The monoisotopic (exact) mass is 436 g/mol. The number of pyridine rings is 2. The minimum absolute atomic E-state index is 0.652. The van der Waals surface area contributed by atoms with Crippen LogP contribution in [0.2, 0.25) is 0 Å². The van der Waals surface area contributed by atoms with E-state index < -0.39 is 0 Å². The van der Waals surface area contributed by atoms with Crippen molar-refractivity contribution in [2.24, 2.45) is 0 Å². The lowest BCUT2D eigenvalue weighted by molar-refractivity contribution is 0.655. The maximum Gasteiger partial charge on any atom is 0.227 e. The molecule has 0 bridgehead atoms. The van der Waals surface area contributed by atoms with Crippen LogP contribution in [0.4, 0.5) is 0 Å². The topological polar surface area (TPSA) is 38.9 Å². The Morgan fingerprint density at radius 3 is 2.41 bits per heavy atom. The molecule has 0 atom stereocenters. The van der Waals surface area contributed by atoms with Gasteiger partial charge in [0.15, 0.2) is 0 Å². The summed E-state index contributed by atoms with van der Waals surface area (Å²) in [4.78, 5) is 9.61. The predicted molar refractivity (Wildman–Crippen MR) is 140 cm³/mol. The minimum Gasteiger partial charge on any atom is -0.437 e. The molecule has 3 heterocycles. The molecule has 0 aliphatic carbocycles. The molecule has 7 aromatic rings. The van der Waals surface area contributed by atoms with E-state index in [9.17, 15) is 0 Å². The Morgan fingerprint density at radius 2 is 1.50 bits per heavy atom. The molecule has 0 unspecified atom stereocenters. The van der Waals surface area contributed by atoms with Crippen LogP contribution in [0.3, 0.4) is 0 Å². The van der Waals surface area contributed by atoms with Gasteiger partial charge in [-0.25, -0.2) is 9.97 Å². The molecule has 34 heavy (non-hydrogen) atoms. The van der Waals surface area contributed by atoms with Gasteiger partial charge in [0, 0.05) is 27.9 Å². The Hall–Kier alpha value is -4.50. The molecule has 0 N–H and O–H groups in total. The molecule has 7 rings (SSSR count). The van der Waals surface area contributed by atoms with Crippen LogP contribution in [0.15, 0.2) is 108 Å². The summed E-state index contributed by atoms with van der Waals surface area (Å²) < 4.78 is 6.27. The Balaban J connectivity index is 1.61. The highest BCUT2D eigenvalue weighted by Crippen LogP contribution is 2.40. The summed E-state index contributed by atoms with van der Waals surface area (Å²) in [6.07, 6.45) is 1.77. The third-order valence-electron chi connectivity index (χ3n) is 6.55. The Morgan fingerprint density at radius 1 is 0.676 bits per heavy atom. The molecule has 160 valence electrons. The fourth-order valence-corrected chi connectivity index (χ4v) is 5.04. The Kier molecular flexibility index (Phi) is 4.06. The molecule has 4 aromatic carbocycles. The molecule has 0 amide bonds. The standard InChI is InChI=1S/C31H20N2O/c1-19-16-25-23-12-7-15-32-31(23)34-30(25)26(17-19)28-18-24(20-8-3-2-4-9-20)29-22-11-6-5-10-21(22)13-14-27(29)33-28/h2-18H,1H3. The van der Waals surface area contributed by atoms with Crippen LogP contribution in [0.25, 0.3) is 66.1 Å². The first-order chi connectivity index (χ1) is 16.8. The first-order valence-electron chi connectivity index (χ1n) is 11.4. The lowest BCUT2D eigenvalue weighted by Gasteiger charge is -2.13. The maximum absolute atomic E-state index is 6.27. The zero-order valence-electron chi connectivity index (χ0n) is 18.6. The van der Waals surface area contributed by atoms with Gasteiger partial charge in [-0.3, -0.25) is 0 Å². The highest BCUT2D eigenvalue weighted by molar-refractivity contribution is 6.15. The number of hydrogen-bond donors (Lipinski definition) is 0. The number of rotatable bonds is 2. The fourth-order valence-electron chi connectivity index (χ4n) is 5.04.